The summed E-state index contributed by atoms with van der Waals surface area (Å²) in [5.74, 6) is 0.721. The van der Waals surface area contributed by atoms with Crippen LogP contribution in [0.2, 0.25) is 0 Å². The predicted molar refractivity (Wildman–Crippen MR) is 86.9 cm³/mol. The summed E-state index contributed by atoms with van der Waals surface area (Å²) in [6.45, 7) is 10.5. The maximum atomic E-state index is 6.00. The molecule has 21 heavy (non-hydrogen) atoms. The first-order chi connectivity index (χ1) is 10.3. The van der Waals surface area contributed by atoms with Crippen molar-refractivity contribution in [1.29, 1.82) is 0 Å². The van der Waals surface area contributed by atoms with Gasteiger partial charge in [0, 0.05) is 30.4 Å². The van der Waals surface area contributed by atoms with E-state index >= 15 is 0 Å². The smallest absolute Gasteiger partial charge is 0.123 e. The lowest BCUT2D eigenvalue weighted by molar-refractivity contribution is -0.0299. The molecule has 118 valence electrons. The lowest BCUT2D eigenvalue weighted by Crippen LogP contribution is -2.38. The van der Waals surface area contributed by atoms with E-state index < -0.39 is 0 Å². The molecule has 0 amide bonds. The first kappa shape index (κ1) is 15.4. The molecule has 1 aromatic heterocycles. The van der Waals surface area contributed by atoms with Crippen LogP contribution >= 0.6 is 11.3 Å². The number of aromatic nitrogens is 1. The Hall–Kier alpha value is -0.490. The van der Waals surface area contributed by atoms with Crippen molar-refractivity contribution in [3.8, 4) is 0 Å². The first-order valence-corrected chi connectivity index (χ1v) is 9.17. The third kappa shape index (κ3) is 3.83. The highest BCUT2D eigenvalue weighted by Gasteiger charge is 2.32. The Morgan fingerprint density at radius 2 is 2.24 bits per heavy atom. The van der Waals surface area contributed by atoms with Gasteiger partial charge in [0.2, 0.25) is 0 Å². The topological polar surface area (TPSA) is 37.4 Å². The van der Waals surface area contributed by atoms with Crippen molar-refractivity contribution in [3.63, 3.8) is 0 Å². The number of hydrogen-bond acceptors (Lipinski definition) is 5. The van der Waals surface area contributed by atoms with E-state index in [4.69, 9.17) is 9.72 Å². The lowest BCUT2D eigenvalue weighted by Gasteiger charge is -2.31. The number of hydrogen-bond donors (Lipinski definition) is 1. The molecule has 2 fully saturated rings. The minimum Gasteiger partial charge on any atom is -0.368 e. The standard InChI is InChI=1S/C16H27N3OS/c1-3-7-19-8-9-20-13(11-19)16-18-15(12-5-6-12)14(21-16)10-17-4-2/h12-13,17H,3-11H2,1-2H3. The predicted octanol–water partition coefficient (Wildman–Crippen LogP) is 2.91. The minimum absolute atomic E-state index is 0.183. The molecule has 1 atom stereocenters. The Bertz CT molecular complexity index is 456. The van der Waals surface area contributed by atoms with Crippen LogP contribution in [0.3, 0.4) is 0 Å². The van der Waals surface area contributed by atoms with Crippen molar-refractivity contribution in [1.82, 2.24) is 15.2 Å². The number of nitrogens with zero attached hydrogens (tertiary/aromatic N) is 2. The quantitative estimate of drug-likeness (QED) is 0.840. The molecule has 5 heteroatoms. The number of rotatable bonds is 7. The fraction of sp³-hybridized carbons (Fsp3) is 0.812. The Balaban J connectivity index is 1.71. The SMILES string of the molecule is CCCN1CCOC(c2nc(C3CC3)c(CNCC)s2)C1. The van der Waals surface area contributed by atoms with E-state index in [9.17, 15) is 0 Å². The van der Waals surface area contributed by atoms with Gasteiger partial charge in [0.1, 0.15) is 11.1 Å². The molecule has 1 aromatic rings. The third-order valence-corrected chi connectivity index (χ3v) is 5.37. The van der Waals surface area contributed by atoms with Crippen LogP contribution in [0.1, 0.15) is 60.7 Å². The summed E-state index contributed by atoms with van der Waals surface area (Å²) in [5, 5.41) is 4.65. The molecular weight excluding hydrogens is 282 g/mol. The lowest BCUT2D eigenvalue weighted by atomic mass is 10.2. The van der Waals surface area contributed by atoms with Gasteiger partial charge in [-0.15, -0.1) is 11.3 Å². The van der Waals surface area contributed by atoms with Crippen LogP contribution in [0.4, 0.5) is 0 Å². The second kappa shape index (κ2) is 7.18. The van der Waals surface area contributed by atoms with Crippen LogP contribution in [-0.2, 0) is 11.3 Å². The zero-order chi connectivity index (χ0) is 14.7. The van der Waals surface area contributed by atoms with Crippen molar-refractivity contribution >= 4 is 11.3 Å². The van der Waals surface area contributed by atoms with Gasteiger partial charge in [0.05, 0.1) is 12.3 Å². The van der Waals surface area contributed by atoms with Gasteiger partial charge in [-0.2, -0.15) is 0 Å². The maximum Gasteiger partial charge on any atom is 0.123 e. The first-order valence-electron chi connectivity index (χ1n) is 8.36. The Morgan fingerprint density at radius 1 is 1.38 bits per heavy atom. The Labute approximate surface area is 131 Å². The highest BCUT2D eigenvalue weighted by Crippen LogP contribution is 2.43. The molecule has 2 aliphatic rings. The van der Waals surface area contributed by atoms with E-state index in [0.717, 1.165) is 38.7 Å². The maximum absolute atomic E-state index is 6.00. The van der Waals surface area contributed by atoms with Gasteiger partial charge in [-0.1, -0.05) is 13.8 Å². The molecule has 2 heterocycles. The largest absolute Gasteiger partial charge is 0.368 e. The van der Waals surface area contributed by atoms with Crippen LogP contribution in [0.25, 0.3) is 0 Å². The molecule has 3 rings (SSSR count). The van der Waals surface area contributed by atoms with Crippen molar-refractivity contribution in [2.24, 2.45) is 0 Å². The van der Waals surface area contributed by atoms with Crippen molar-refractivity contribution < 1.29 is 4.74 Å². The summed E-state index contributed by atoms with van der Waals surface area (Å²) >= 11 is 1.87. The third-order valence-electron chi connectivity index (χ3n) is 4.21. The van der Waals surface area contributed by atoms with Crippen molar-refractivity contribution in [3.05, 3.63) is 15.6 Å². The molecule has 0 aromatic carbocycles. The minimum atomic E-state index is 0.183. The van der Waals surface area contributed by atoms with Gasteiger partial charge in [-0.05, 0) is 32.4 Å². The van der Waals surface area contributed by atoms with E-state index in [-0.39, 0.29) is 6.10 Å². The summed E-state index contributed by atoms with van der Waals surface area (Å²) < 4.78 is 6.00. The van der Waals surface area contributed by atoms with Crippen molar-refractivity contribution in [2.75, 3.05) is 32.8 Å². The molecule has 1 aliphatic carbocycles. The zero-order valence-corrected chi connectivity index (χ0v) is 14.0. The van der Waals surface area contributed by atoms with Gasteiger partial charge in [0.25, 0.3) is 0 Å². The van der Waals surface area contributed by atoms with E-state index in [1.54, 1.807) is 0 Å². The normalized spacial score (nSPS) is 23.6. The van der Waals surface area contributed by atoms with Crippen LogP contribution in [0.5, 0.6) is 0 Å². The van der Waals surface area contributed by atoms with E-state index in [2.05, 4.69) is 24.1 Å². The highest BCUT2D eigenvalue weighted by molar-refractivity contribution is 7.11. The molecule has 1 N–H and O–H groups in total. The van der Waals surface area contributed by atoms with Gasteiger partial charge < -0.3 is 10.1 Å². The summed E-state index contributed by atoms with van der Waals surface area (Å²) in [7, 11) is 0. The van der Waals surface area contributed by atoms with Gasteiger partial charge >= 0.3 is 0 Å². The molecule has 0 spiro atoms. The van der Waals surface area contributed by atoms with Gasteiger partial charge in [-0.25, -0.2) is 4.98 Å². The van der Waals surface area contributed by atoms with Crippen LogP contribution in [-0.4, -0.2) is 42.7 Å². The number of nitrogens with one attached hydrogen (secondary N) is 1. The Kier molecular flexibility index (Phi) is 5.27. The van der Waals surface area contributed by atoms with Gasteiger partial charge in [-0.3, -0.25) is 4.90 Å². The molecule has 0 radical (unpaired) electrons. The second-order valence-corrected chi connectivity index (χ2v) is 7.19. The molecule has 1 saturated carbocycles. The number of morpholine rings is 1. The highest BCUT2D eigenvalue weighted by atomic mass is 32.1. The monoisotopic (exact) mass is 309 g/mol. The zero-order valence-electron chi connectivity index (χ0n) is 13.2. The summed E-state index contributed by atoms with van der Waals surface area (Å²) in [4.78, 5) is 8.92. The molecule has 0 bridgehead atoms. The average Bonchev–Trinajstić information content (AvgIpc) is 3.26. The summed E-state index contributed by atoms with van der Waals surface area (Å²) in [6.07, 6.45) is 4.03. The molecular formula is C16H27N3OS. The summed E-state index contributed by atoms with van der Waals surface area (Å²) in [6, 6.07) is 0. The van der Waals surface area contributed by atoms with Gasteiger partial charge in [0.15, 0.2) is 0 Å². The molecule has 1 aliphatic heterocycles. The fourth-order valence-electron chi connectivity index (χ4n) is 2.93. The number of ether oxygens (including phenoxy) is 1. The van der Waals surface area contributed by atoms with Crippen LogP contribution in [0, 0.1) is 0 Å². The van der Waals surface area contributed by atoms with Crippen LogP contribution < -0.4 is 5.32 Å². The Morgan fingerprint density at radius 3 is 2.95 bits per heavy atom. The van der Waals surface area contributed by atoms with E-state index in [0.29, 0.717) is 0 Å². The van der Waals surface area contributed by atoms with E-state index in [1.165, 1.54) is 41.4 Å². The average molecular weight is 309 g/mol. The van der Waals surface area contributed by atoms with Crippen molar-refractivity contribution in [2.45, 2.75) is 51.7 Å². The summed E-state index contributed by atoms with van der Waals surface area (Å²) in [5.41, 5.74) is 1.35. The molecule has 1 unspecified atom stereocenters. The van der Waals surface area contributed by atoms with E-state index in [1.807, 2.05) is 11.3 Å². The number of thiazole rings is 1. The molecule has 1 saturated heterocycles. The van der Waals surface area contributed by atoms with Crippen LogP contribution in [0.15, 0.2) is 0 Å². The molecule has 4 nitrogen and oxygen atoms in total. The fourth-order valence-corrected chi connectivity index (χ4v) is 4.09. The second-order valence-electron chi connectivity index (χ2n) is 6.08.